The summed E-state index contributed by atoms with van der Waals surface area (Å²) in [6, 6.07) is 11.8. The van der Waals surface area contributed by atoms with Gasteiger partial charge in [0.1, 0.15) is 5.69 Å². The molecule has 5 heteroatoms. The highest BCUT2D eigenvalue weighted by Crippen LogP contribution is 2.30. The van der Waals surface area contributed by atoms with Crippen LogP contribution in [0.25, 0.3) is 11.3 Å². The molecule has 3 aromatic rings. The Morgan fingerprint density at radius 3 is 2.91 bits per heavy atom. The van der Waals surface area contributed by atoms with E-state index in [0.717, 1.165) is 17.7 Å². The second kappa shape index (κ2) is 5.93. The zero-order valence-corrected chi connectivity index (χ0v) is 13.3. The number of aromatic nitrogens is 2. The number of carbonyl (C=O) groups excluding carboxylic acids is 1. The molecule has 1 aliphatic carbocycles. The van der Waals surface area contributed by atoms with Crippen LogP contribution >= 0.6 is 11.3 Å². The molecule has 0 saturated carbocycles. The van der Waals surface area contributed by atoms with Gasteiger partial charge in [0, 0.05) is 17.1 Å². The maximum Gasteiger partial charge on any atom is 0.276 e. The Morgan fingerprint density at radius 1 is 1.13 bits per heavy atom. The fourth-order valence-corrected chi connectivity index (χ4v) is 3.57. The number of amides is 1. The van der Waals surface area contributed by atoms with E-state index in [1.807, 2.05) is 5.38 Å². The SMILES string of the molecule is O=C(Nc1nc(-c2ccc3c(c2)CCC3)cs1)c1ccccn1. The molecule has 0 spiro atoms. The van der Waals surface area contributed by atoms with Gasteiger partial charge in [-0.1, -0.05) is 18.2 Å². The van der Waals surface area contributed by atoms with Crippen LogP contribution in [0.4, 0.5) is 5.13 Å². The summed E-state index contributed by atoms with van der Waals surface area (Å²) in [5, 5.41) is 5.38. The smallest absolute Gasteiger partial charge is 0.276 e. The summed E-state index contributed by atoms with van der Waals surface area (Å²) in [5.41, 5.74) is 5.28. The first-order chi connectivity index (χ1) is 11.3. The van der Waals surface area contributed by atoms with Crippen molar-refractivity contribution in [1.29, 1.82) is 0 Å². The van der Waals surface area contributed by atoms with Crippen molar-refractivity contribution in [2.24, 2.45) is 0 Å². The summed E-state index contributed by atoms with van der Waals surface area (Å²) >= 11 is 1.43. The molecule has 0 aliphatic heterocycles. The normalized spacial score (nSPS) is 12.9. The molecular weight excluding hydrogens is 306 g/mol. The lowest BCUT2D eigenvalue weighted by Gasteiger charge is -2.02. The van der Waals surface area contributed by atoms with E-state index in [4.69, 9.17) is 0 Å². The van der Waals surface area contributed by atoms with Gasteiger partial charge in [0.05, 0.1) is 5.69 Å². The number of pyridine rings is 1. The first kappa shape index (κ1) is 14.1. The predicted octanol–water partition coefficient (Wildman–Crippen LogP) is 3.95. The molecule has 1 N–H and O–H groups in total. The zero-order chi connectivity index (χ0) is 15.6. The number of fused-ring (bicyclic) bond motifs is 1. The molecule has 4 nitrogen and oxygen atoms in total. The van der Waals surface area contributed by atoms with Crippen molar-refractivity contribution in [3.05, 3.63) is 64.8 Å². The van der Waals surface area contributed by atoms with Crippen molar-refractivity contribution in [3.63, 3.8) is 0 Å². The van der Waals surface area contributed by atoms with Gasteiger partial charge in [-0.3, -0.25) is 15.1 Å². The molecule has 23 heavy (non-hydrogen) atoms. The summed E-state index contributed by atoms with van der Waals surface area (Å²) in [4.78, 5) is 20.7. The Balaban J connectivity index is 1.54. The summed E-state index contributed by atoms with van der Waals surface area (Å²) < 4.78 is 0. The quantitative estimate of drug-likeness (QED) is 0.795. The molecule has 0 radical (unpaired) electrons. The average molecular weight is 321 g/mol. The lowest BCUT2D eigenvalue weighted by molar-refractivity contribution is 0.102. The van der Waals surface area contributed by atoms with Gasteiger partial charge in [-0.15, -0.1) is 11.3 Å². The van der Waals surface area contributed by atoms with Crippen LogP contribution < -0.4 is 5.32 Å². The Hall–Kier alpha value is -2.53. The molecule has 1 amide bonds. The van der Waals surface area contributed by atoms with Crippen LogP contribution in [-0.2, 0) is 12.8 Å². The van der Waals surface area contributed by atoms with E-state index in [1.165, 1.54) is 35.3 Å². The number of hydrogen-bond acceptors (Lipinski definition) is 4. The number of anilines is 1. The van der Waals surface area contributed by atoms with E-state index in [1.54, 1.807) is 24.4 Å². The minimum atomic E-state index is -0.236. The largest absolute Gasteiger partial charge is 0.296 e. The van der Waals surface area contributed by atoms with Crippen LogP contribution in [0.3, 0.4) is 0 Å². The summed E-state index contributed by atoms with van der Waals surface area (Å²) in [6.45, 7) is 0. The fraction of sp³-hybridized carbons (Fsp3) is 0.167. The molecule has 0 fully saturated rings. The number of hydrogen-bond donors (Lipinski definition) is 1. The predicted molar refractivity (Wildman–Crippen MR) is 91.8 cm³/mol. The third kappa shape index (κ3) is 2.87. The van der Waals surface area contributed by atoms with Crippen molar-refractivity contribution in [1.82, 2.24) is 9.97 Å². The van der Waals surface area contributed by atoms with E-state index in [0.29, 0.717) is 10.8 Å². The lowest BCUT2D eigenvalue weighted by Crippen LogP contribution is -2.13. The van der Waals surface area contributed by atoms with Gasteiger partial charge in [-0.2, -0.15) is 0 Å². The second-order valence-corrected chi connectivity index (χ2v) is 6.40. The minimum absolute atomic E-state index is 0.236. The van der Waals surface area contributed by atoms with E-state index in [9.17, 15) is 4.79 Å². The third-order valence-corrected chi connectivity index (χ3v) is 4.77. The number of nitrogens with zero attached hydrogens (tertiary/aromatic N) is 2. The molecule has 0 saturated heterocycles. The van der Waals surface area contributed by atoms with Gasteiger partial charge in [0.2, 0.25) is 0 Å². The molecule has 0 unspecified atom stereocenters. The molecule has 0 bridgehead atoms. The van der Waals surface area contributed by atoms with Gasteiger partial charge in [-0.05, 0) is 48.6 Å². The van der Waals surface area contributed by atoms with Crippen LogP contribution in [-0.4, -0.2) is 15.9 Å². The van der Waals surface area contributed by atoms with Gasteiger partial charge >= 0.3 is 0 Å². The maximum atomic E-state index is 12.1. The number of thiazole rings is 1. The zero-order valence-electron chi connectivity index (χ0n) is 12.5. The van der Waals surface area contributed by atoms with E-state index >= 15 is 0 Å². The second-order valence-electron chi connectivity index (χ2n) is 5.54. The van der Waals surface area contributed by atoms with Crippen LogP contribution in [0.2, 0.25) is 0 Å². The summed E-state index contributed by atoms with van der Waals surface area (Å²) in [7, 11) is 0. The lowest BCUT2D eigenvalue weighted by atomic mass is 10.1. The van der Waals surface area contributed by atoms with Crippen molar-refractivity contribution in [3.8, 4) is 11.3 Å². The average Bonchev–Trinajstić information content (AvgIpc) is 3.23. The van der Waals surface area contributed by atoms with Crippen LogP contribution in [0.15, 0.2) is 48.0 Å². The van der Waals surface area contributed by atoms with E-state index in [-0.39, 0.29) is 5.91 Å². The molecule has 2 aromatic heterocycles. The number of benzene rings is 1. The molecule has 1 aliphatic rings. The maximum absolute atomic E-state index is 12.1. The molecule has 0 atom stereocenters. The summed E-state index contributed by atoms with van der Waals surface area (Å²) in [6.07, 6.45) is 5.17. The first-order valence-corrected chi connectivity index (χ1v) is 8.48. The third-order valence-electron chi connectivity index (χ3n) is 4.02. The van der Waals surface area contributed by atoms with Gasteiger partial charge in [0.15, 0.2) is 5.13 Å². The Morgan fingerprint density at radius 2 is 2.04 bits per heavy atom. The Kier molecular flexibility index (Phi) is 3.63. The summed E-state index contributed by atoms with van der Waals surface area (Å²) in [5.74, 6) is -0.236. The number of rotatable bonds is 3. The van der Waals surface area contributed by atoms with Gasteiger partial charge in [0.25, 0.3) is 5.91 Å². The van der Waals surface area contributed by atoms with Crippen LogP contribution in [0, 0.1) is 0 Å². The number of carbonyl (C=O) groups is 1. The highest BCUT2D eigenvalue weighted by atomic mass is 32.1. The van der Waals surface area contributed by atoms with Gasteiger partial charge < -0.3 is 0 Å². The highest BCUT2D eigenvalue weighted by molar-refractivity contribution is 7.14. The monoisotopic (exact) mass is 321 g/mol. The van der Waals surface area contributed by atoms with Crippen LogP contribution in [0.5, 0.6) is 0 Å². The first-order valence-electron chi connectivity index (χ1n) is 7.60. The molecule has 1 aromatic carbocycles. The van der Waals surface area contributed by atoms with E-state index in [2.05, 4.69) is 33.5 Å². The standard InChI is InChI=1S/C18H15N3OS/c22-17(15-6-1-2-9-19-15)21-18-20-16(11-23-18)14-8-7-12-4-3-5-13(12)10-14/h1-2,6-11H,3-5H2,(H,20,21,22). The van der Waals surface area contributed by atoms with Crippen molar-refractivity contribution in [2.45, 2.75) is 19.3 Å². The molecule has 114 valence electrons. The van der Waals surface area contributed by atoms with Crippen LogP contribution in [0.1, 0.15) is 28.0 Å². The number of aryl methyl sites for hydroxylation is 2. The Labute approximate surface area is 138 Å². The molecule has 2 heterocycles. The minimum Gasteiger partial charge on any atom is -0.296 e. The topological polar surface area (TPSA) is 54.9 Å². The fourth-order valence-electron chi connectivity index (χ4n) is 2.85. The highest BCUT2D eigenvalue weighted by Gasteiger charge is 2.14. The van der Waals surface area contributed by atoms with E-state index < -0.39 is 0 Å². The van der Waals surface area contributed by atoms with Gasteiger partial charge in [-0.25, -0.2) is 4.98 Å². The molecule has 4 rings (SSSR count). The van der Waals surface area contributed by atoms with Crippen molar-refractivity contribution >= 4 is 22.4 Å². The van der Waals surface area contributed by atoms with Crippen molar-refractivity contribution in [2.75, 3.05) is 5.32 Å². The number of nitrogens with one attached hydrogen (secondary N) is 1. The Bertz CT molecular complexity index is 858. The molecular formula is C18H15N3OS. The van der Waals surface area contributed by atoms with Crippen molar-refractivity contribution < 1.29 is 4.79 Å².